The first-order valence-electron chi connectivity index (χ1n) is 18.3. The molecule has 1 heterocycles. The predicted octanol–water partition coefficient (Wildman–Crippen LogP) is -2.78. The summed E-state index contributed by atoms with van der Waals surface area (Å²) in [6, 6.07) is -0.853. The van der Waals surface area contributed by atoms with Crippen LogP contribution in [-0.2, 0) is 24.0 Å². The number of hydrogen-bond donors (Lipinski definition) is 8. The van der Waals surface area contributed by atoms with Crippen molar-refractivity contribution in [1.29, 1.82) is 0 Å². The van der Waals surface area contributed by atoms with E-state index < -0.39 is 40.7 Å². The molecule has 0 radical (unpaired) electrons. The fourth-order valence-electron chi connectivity index (χ4n) is 5.74. The van der Waals surface area contributed by atoms with E-state index in [0.29, 0.717) is 84.7 Å². The van der Waals surface area contributed by atoms with Crippen molar-refractivity contribution in [2.45, 2.75) is 51.5 Å². The van der Waals surface area contributed by atoms with Crippen LogP contribution in [0.15, 0.2) is 9.59 Å². The third-order valence-electron chi connectivity index (χ3n) is 8.66. The van der Waals surface area contributed by atoms with E-state index >= 15 is 0 Å². The number of anilines is 2. The van der Waals surface area contributed by atoms with Gasteiger partial charge in [-0.15, -0.1) is 0 Å². The van der Waals surface area contributed by atoms with E-state index in [1.54, 1.807) is 9.80 Å². The van der Waals surface area contributed by atoms with Gasteiger partial charge in [0, 0.05) is 79.1 Å². The fraction of sp³-hybridized carbons (Fsp3) is 0.735. The number of nitrogens with two attached hydrogens (primary N) is 1. The number of unbranched alkanes of at least 4 members (excludes halogenated alkanes) is 3. The van der Waals surface area contributed by atoms with Crippen molar-refractivity contribution in [2.75, 3.05) is 122 Å². The Morgan fingerprint density at radius 2 is 1.21 bits per heavy atom. The highest BCUT2D eigenvalue weighted by atomic mass is 16.4. The minimum Gasteiger partial charge on any atom is -0.480 e. The first-order chi connectivity index (χ1) is 25.5. The molecule has 0 saturated carbocycles. The Balaban J connectivity index is 0.00000690. The van der Waals surface area contributed by atoms with Gasteiger partial charge in [0.15, 0.2) is 0 Å². The molecule has 9 N–H and O–H groups in total. The van der Waals surface area contributed by atoms with Crippen LogP contribution in [0.2, 0.25) is 0 Å². The van der Waals surface area contributed by atoms with Gasteiger partial charge in [0.25, 0.3) is 10.9 Å². The van der Waals surface area contributed by atoms with Crippen molar-refractivity contribution in [3.63, 3.8) is 0 Å². The number of aldehydes is 1. The highest BCUT2D eigenvalue weighted by molar-refractivity contribution is 5.88. The molecule has 19 nitrogen and oxygen atoms in total. The molecule has 1 unspecified atom stereocenters. The van der Waals surface area contributed by atoms with Gasteiger partial charge in [-0.2, -0.15) is 0 Å². The van der Waals surface area contributed by atoms with Gasteiger partial charge in [-0.25, -0.2) is 0 Å². The van der Waals surface area contributed by atoms with Crippen molar-refractivity contribution in [3.05, 3.63) is 20.4 Å². The third kappa shape index (κ3) is 19.1. The number of carboxylic acid groups (broad SMARTS) is 2. The lowest BCUT2D eigenvalue weighted by molar-refractivity contribution is -0.140. The van der Waals surface area contributed by atoms with Crippen molar-refractivity contribution in [1.82, 2.24) is 30.2 Å². The number of aliphatic hydroxyl groups is 1. The van der Waals surface area contributed by atoms with E-state index in [1.165, 1.54) is 0 Å². The molecule has 1 aromatic rings. The summed E-state index contributed by atoms with van der Waals surface area (Å²) in [4.78, 5) is 92.1. The van der Waals surface area contributed by atoms with Crippen LogP contribution in [0.4, 0.5) is 11.4 Å². The molecule has 0 aliphatic carbocycles. The van der Waals surface area contributed by atoms with Crippen LogP contribution in [0.3, 0.4) is 0 Å². The van der Waals surface area contributed by atoms with Crippen LogP contribution in [0, 0.1) is 0 Å². The van der Waals surface area contributed by atoms with Gasteiger partial charge in [-0.05, 0) is 32.2 Å². The molecular formula is C34H61N9O10. The van der Waals surface area contributed by atoms with Crippen LogP contribution in [-0.4, -0.2) is 183 Å². The number of nitrogens with one attached hydrogen (secondary N) is 4. The molecule has 0 aromatic heterocycles. The SMILES string of the molecule is CCCCCNc1c(NCCNC(=O)C(CCCCN)NC(=O)CN2CCN(CC=O)CCN(CC(=O)O)CCN(CC(=O)O)CC2)c(=O)c1=O.CO. The first-order valence-corrected chi connectivity index (χ1v) is 18.3. The molecule has 53 heavy (non-hydrogen) atoms. The summed E-state index contributed by atoms with van der Waals surface area (Å²) in [5, 5.41) is 37.3. The summed E-state index contributed by atoms with van der Waals surface area (Å²) >= 11 is 0. The number of aliphatic hydroxyl groups excluding tert-OH is 1. The standard InChI is InChI=1S/C33H57N9O9.CH4O/c1-2-3-6-9-35-29-30(32(50)31(29)49)36-10-11-37-33(51)25(7-4-5-8-34)38-26(44)22-40-14-12-39(20-21-43)13-15-41(23-27(45)46)18-19-42(17-16-40)24-28(47)48;1-2/h21,25,35-36H,2-20,22-24,34H2,1H3,(H,37,51)(H,38,44)(H,45,46)(H,47,48);2H,1H3. The van der Waals surface area contributed by atoms with Gasteiger partial charge in [0.1, 0.15) is 23.7 Å². The largest absolute Gasteiger partial charge is 0.480 e. The Kier molecular flexibility index (Phi) is 24.5. The highest BCUT2D eigenvalue weighted by Gasteiger charge is 2.24. The Labute approximate surface area is 310 Å². The Hall–Kier alpha value is -4.01. The van der Waals surface area contributed by atoms with Crippen molar-refractivity contribution < 1.29 is 39.3 Å². The van der Waals surface area contributed by atoms with Gasteiger partial charge in [-0.1, -0.05) is 19.8 Å². The maximum atomic E-state index is 13.3. The van der Waals surface area contributed by atoms with E-state index in [0.717, 1.165) is 32.7 Å². The zero-order valence-corrected chi connectivity index (χ0v) is 31.3. The van der Waals surface area contributed by atoms with E-state index in [2.05, 4.69) is 28.2 Å². The number of carboxylic acids is 2. The molecule has 1 aromatic carbocycles. The van der Waals surface area contributed by atoms with E-state index in [-0.39, 0.29) is 50.6 Å². The number of rotatable bonds is 23. The summed E-state index contributed by atoms with van der Waals surface area (Å²) in [6.07, 6.45) is 5.26. The summed E-state index contributed by atoms with van der Waals surface area (Å²) in [7, 11) is 1.00. The lowest BCUT2D eigenvalue weighted by atomic mass is 10.1. The number of carbonyl (C=O) groups is 5. The monoisotopic (exact) mass is 755 g/mol. The second-order valence-corrected chi connectivity index (χ2v) is 12.7. The Morgan fingerprint density at radius 1 is 0.717 bits per heavy atom. The topological polar surface area (TPSA) is 267 Å². The van der Waals surface area contributed by atoms with Crippen LogP contribution in [0.1, 0.15) is 45.4 Å². The summed E-state index contributed by atoms with van der Waals surface area (Å²) in [5.41, 5.74) is 4.95. The zero-order chi connectivity index (χ0) is 39.6. The first kappa shape index (κ1) is 47.0. The van der Waals surface area contributed by atoms with E-state index in [4.69, 9.17) is 10.8 Å². The second kappa shape index (κ2) is 27.6. The molecule has 0 spiro atoms. The average molecular weight is 756 g/mol. The lowest BCUT2D eigenvalue weighted by Gasteiger charge is -2.33. The number of hydrogen-bond acceptors (Lipinski definition) is 15. The normalized spacial score (nSPS) is 15.9. The summed E-state index contributed by atoms with van der Waals surface area (Å²) < 4.78 is 0. The van der Waals surface area contributed by atoms with Crippen LogP contribution in [0.5, 0.6) is 0 Å². The van der Waals surface area contributed by atoms with Gasteiger partial charge in [0.2, 0.25) is 11.8 Å². The molecule has 1 aliphatic heterocycles. The molecule has 1 fully saturated rings. The number of nitrogens with zero attached hydrogens (tertiary/aromatic N) is 4. The Morgan fingerprint density at radius 3 is 1.68 bits per heavy atom. The molecule has 1 atom stereocenters. The average Bonchev–Trinajstić information content (AvgIpc) is 3.12. The molecule has 2 amide bonds. The summed E-state index contributed by atoms with van der Waals surface area (Å²) in [6.45, 7) is 5.73. The quantitative estimate of drug-likeness (QED) is 0.0319. The second-order valence-electron chi connectivity index (χ2n) is 12.7. The van der Waals surface area contributed by atoms with Crippen molar-refractivity contribution in [3.8, 4) is 0 Å². The van der Waals surface area contributed by atoms with Gasteiger partial charge in [0.05, 0.1) is 26.2 Å². The van der Waals surface area contributed by atoms with Gasteiger partial charge < -0.3 is 47.1 Å². The number of aliphatic carboxylic acids is 2. The smallest absolute Gasteiger partial charge is 0.317 e. The van der Waals surface area contributed by atoms with Crippen molar-refractivity contribution >= 4 is 41.4 Å². The van der Waals surface area contributed by atoms with E-state index in [1.807, 2.05) is 9.80 Å². The molecule has 302 valence electrons. The minimum absolute atomic E-state index is 0.0818. The van der Waals surface area contributed by atoms with Crippen LogP contribution < -0.4 is 37.9 Å². The number of carbonyl (C=O) groups excluding carboxylic acids is 3. The lowest BCUT2D eigenvalue weighted by Crippen LogP contribution is -2.52. The molecule has 19 heteroatoms. The molecule has 1 aliphatic rings. The molecule has 0 bridgehead atoms. The van der Waals surface area contributed by atoms with Crippen molar-refractivity contribution in [2.24, 2.45) is 5.73 Å². The third-order valence-corrected chi connectivity index (χ3v) is 8.66. The van der Waals surface area contributed by atoms with Gasteiger partial charge >= 0.3 is 11.9 Å². The summed E-state index contributed by atoms with van der Waals surface area (Å²) in [5.74, 6) is -2.85. The maximum absolute atomic E-state index is 13.3. The zero-order valence-electron chi connectivity index (χ0n) is 31.3. The van der Waals surface area contributed by atoms with Crippen LogP contribution in [0.25, 0.3) is 0 Å². The highest BCUT2D eigenvalue weighted by Crippen LogP contribution is 2.14. The molecular weight excluding hydrogens is 694 g/mol. The number of amides is 2. The predicted molar refractivity (Wildman–Crippen MR) is 201 cm³/mol. The minimum atomic E-state index is -1.03. The fourth-order valence-corrected chi connectivity index (χ4v) is 5.74. The maximum Gasteiger partial charge on any atom is 0.317 e. The van der Waals surface area contributed by atoms with Gasteiger partial charge in [-0.3, -0.25) is 48.4 Å². The molecule has 1 saturated heterocycles. The Bertz CT molecular complexity index is 1320. The van der Waals surface area contributed by atoms with Crippen LogP contribution >= 0.6 is 0 Å². The van der Waals surface area contributed by atoms with E-state index in [9.17, 15) is 43.8 Å². The molecule has 2 rings (SSSR count).